The second kappa shape index (κ2) is 5.06. The number of hydrogen-bond acceptors (Lipinski definition) is 0. The van der Waals surface area contributed by atoms with Gasteiger partial charge in [0.15, 0.2) is 9.79 Å². The number of benzene rings is 2. The van der Waals surface area contributed by atoms with Crippen LogP contribution in [0.4, 0.5) is 13.2 Å². The van der Waals surface area contributed by atoms with E-state index < -0.39 is 11.7 Å². The molecule has 0 spiro atoms. The van der Waals surface area contributed by atoms with E-state index in [4.69, 9.17) is 0 Å². The lowest BCUT2D eigenvalue weighted by Gasteiger charge is -2.07. The fraction of sp³-hybridized carbons (Fsp3) is 0.143. The largest absolute Gasteiger partial charge is 0.416 e. The van der Waals surface area contributed by atoms with Gasteiger partial charge < -0.3 is 0 Å². The van der Waals surface area contributed by atoms with Crippen LogP contribution in [0.2, 0.25) is 0 Å². The van der Waals surface area contributed by atoms with E-state index in [0.29, 0.717) is 0 Å². The second-order valence-corrected chi connectivity index (χ2v) is 5.81. The Labute approximate surface area is 107 Å². The molecule has 0 N–H and O–H groups in total. The maximum Gasteiger partial charge on any atom is 0.416 e. The third-order valence-electron chi connectivity index (χ3n) is 2.63. The molecule has 0 bridgehead atoms. The van der Waals surface area contributed by atoms with Crippen molar-refractivity contribution in [3.05, 3.63) is 60.2 Å². The van der Waals surface area contributed by atoms with Crippen molar-refractivity contribution < 1.29 is 13.2 Å². The van der Waals surface area contributed by atoms with E-state index in [1.54, 1.807) is 12.1 Å². The zero-order valence-electron chi connectivity index (χ0n) is 9.74. The monoisotopic (exact) mass is 269 g/mol. The van der Waals surface area contributed by atoms with Crippen LogP contribution in [0.1, 0.15) is 5.56 Å². The Hall–Kier alpha value is -1.42. The maximum absolute atomic E-state index is 12.4. The number of halogens is 3. The average Bonchev–Trinajstić information content (AvgIpc) is 2.38. The Bertz CT molecular complexity index is 503. The van der Waals surface area contributed by atoms with Gasteiger partial charge >= 0.3 is 6.18 Å². The molecule has 2 rings (SSSR count). The van der Waals surface area contributed by atoms with Crippen LogP contribution in [0.5, 0.6) is 0 Å². The highest BCUT2D eigenvalue weighted by Gasteiger charge is 2.31. The highest BCUT2D eigenvalue weighted by Crippen LogP contribution is 2.30. The third-order valence-corrected chi connectivity index (χ3v) is 4.59. The molecule has 0 fully saturated rings. The summed E-state index contributed by atoms with van der Waals surface area (Å²) in [5, 5.41) is 0. The predicted molar refractivity (Wildman–Crippen MR) is 67.7 cm³/mol. The molecular formula is C14H12F3S+. The first-order valence-electron chi connectivity index (χ1n) is 5.37. The summed E-state index contributed by atoms with van der Waals surface area (Å²) >= 11 is 0. The Morgan fingerprint density at radius 3 is 1.78 bits per heavy atom. The molecule has 18 heavy (non-hydrogen) atoms. The first-order chi connectivity index (χ1) is 8.48. The predicted octanol–water partition coefficient (Wildman–Crippen LogP) is 4.37. The molecule has 0 saturated carbocycles. The Balaban J connectivity index is 2.25. The summed E-state index contributed by atoms with van der Waals surface area (Å²) < 4.78 is 37.3. The van der Waals surface area contributed by atoms with E-state index in [0.717, 1.165) is 21.9 Å². The highest BCUT2D eigenvalue weighted by molar-refractivity contribution is 7.96. The van der Waals surface area contributed by atoms with E-state index >= 15 is 0 Å². The molecule has 0 amide bonds. The molecule has 1 unspecified atom stereocenters. The summed E-state index contributed by atoms with van der Waals surface area (Å²) in [4.78, 5) is 2.03. The molecule has 0 aliphatic carbocycles. The molecule has 0 nitrogen and oxygen atoms in total. The maximum atomic E-state index is 12.4. The second-order valence-electron chi connectivity index (χ2n) is 3.85. The molecule has 2 aromatic rings. The van der Waals surface area contributed by atoms with E-state index in [1.165, 1.54) is 0 Å². The summed E-state index contributed by atoms with van der Waals surface area (Å²) in [5.41, 5.74) is -0.601. The van der Waals surface area contributed by atoms with Gasteiger partial charge in [-0.05, 0) is 36.4 Å². The van der Waals surface area contributed by atoms with Crippen molar-refractivity contribution in [2.24, 2.45) is 0 Å². The average molecular weight is 269 g/mol. The van der Waals surface area contributed by atoms with Crippen LogP contribution in [-0.4, -0.2) is 6.26 Å². The van der Waals surface area contributed by atoms with Gasteiger partial charge in [0.2, 0.25) is 0 Å². The Kier molecular flexibility index (Phi) is 3.66. The third kappa shape index (κ3) is 2.88. The summed E-state index contributed by atoms with van der Waals surface area (Å²) in [6.45, 7) is 0. The zero-order valence-corrected chi connectivity index (χ0v) is 10.6. The van der Waals surface area contributed by atoms with E-state index in [1.807, 2.05) is 36.6 Å². The summed E-state index contributed by atoms with van der Waals surface area (Å²) in [6.07, 6.45) is -2.25. The van der Waals surface area contributed by atoms with E-state index in [-0.39, 0.29) is 10.9 Å². The first kappa shape index (κ1) is 13.0. The van der Waals surface area contributed by atoms with Crippen LogP contribution in [-0.2, 0) is 17.1 Å². The zero-order chi connectivity index (χ0) is 13.2. The molecule has 4 heteroatoms. The fourth-order valence-corrected chi connectivity index (χ4v) is 2.99. The molecule has 2 aromatic carbocycles. The van der Waals surface area contributed by atoms with Gasteiger partial charge in [-0.2, -0.15) is 13.2 Å². The van der Waals surface area contributed by atoms with Crippen molar-refractivity contribution >= 4 is 10.9 Å². The quantitative estimate of drug-likeness (QED) is 0.710. The number of rotatable bonds is 2. The summed E-state index contributed by atoms with van der Waals surface area (Å²) in [6, 6.07) is 15.2. The van der Waals surface area contributed by atoms with Gasteiger partial charge in [0.25, 0.3) is 0 Å². The van der Waals surface area contributed by atoms with Gasteiger partial charge in [-0.15, -0.1) is 0 Å². The molecule has 1 atom stereocenters. The summed E-state index contributed by atoms with van der Waals surface area (Å²) in [5.74, 6) is 0. The van der Waals surface area contributed by atoms with Crippen LogP contribution in [0.15, 0.2) is 64.4 Å². The van der Waals surface area contributed by atoms with Crippen molar-refractivity contribution in [1.29, 1.82) is 0 Å². The lowest BCUT2D eigenvalue weighted by atomic mass is 10.2. The highest BCUT2D eigenvalue weighted by atomic mass is 32.2. The van der Waals surface area contributed by atoms with E-state index in [2.05, 4.69) is 0 Å². The van der Waals surface area contributed by atoms with Gasteiger partial charge in [-0.3, -0.25) is 0 Å². The molecule has 0 aliphatic heterocycles. The van der Waals surface area contributed by atoms with Crippen LogP contribution >= 0.6 is 0 Å². The van der Waals surface area contributed by atoms with Crippen molar-refractivity contribution in [3.63, 3.8) is 0 Å². The van der Waals surface area contributed by atoms with Gasteiger partial charge in [-0.1, -0.05) is 18.2 Å². The molecule has 0 radical (unpaired) electrons. The van der Waals surface area contributed by atoms with Gasteiger partial charge in [0, 0.05) is 0 Å². The minimum atomic E-state index is -4.27. The molecule has 0 aromatic heterocycles. The fourth-order valence-electron chi connectivity index (χ4n) is 1.61. The SMILES string of the molecule is C[S+](c1ccccc1)c1ccc(C(F)(F)F)cc1. The normalized spacial score (nSPS) is 13.3. The minimum absolute atomic E-state index is 0.199. The minimum Gasteiger partial charge on any atom is -0.166 e. The van der Waals surface area contributed by atoms with Crippen LogP contribution < -0.4 is 0 Å². The van der Waals surface area contributed by atoms with Gasteiger partial charge in [-0.25, -0.2) is 0 Å². The van der Waals surface area contributed by atoms with Crippen LogP contribution in [0.25, 0.3) is 0 Å². The van der Waals surface area contributed by atoms with Crippen molar-refractivity contribution in [2.75, 3.05) is 6.26 Å². The Morgan fingerprint density at radius 2 is 1.28 bits per heavy atom. The summed E-state index contributed by atoms with van der Waals surface area (Å²) in [7, 11) is -0.199. The van der Waals surface area contributed by atoms with E-state index in [9.17, 15) is 13.2 Å². The van der Waals surface area contributed by atoms with Crippen molar-refractivity contribution in [2.45, 2.75) is 16.0 Å². The number of hydrogen-bond donors (Lipinski definition) is 0. The van der Waals surface area contributed by atoms with Crippen molar-refractivity contribution in [3.8, 4) is 0 Å². The topological polar surface area (TPSA) is 0 Å². The molecular weight excluding hydrogens is 257 g/mol. The first-order valence-corrected chi connectivity index (χ1v) is 7.00. The standard InChI is InChI=1S/C14H12F3S/c1-18(12-5-3-2-4-6-12)13-9-7-11(8-10-13)14(15,16)17/h2-10H,1H3/q+1. The molecule has 0 saturated heterocycles. The van der Waals surface area contributed by atoms with Gasteiger partial charge in [0.05, 0.1) is 16.5 Å². The smallest absolute Gasteiger partial charge is 0.166 e. The lowest BCUT2D eigenvalue weighted by Crippen LogP contribution is -2.06. The molecule has 94 valence electrons. The van der Waals surface area contributed by atoms with Crippen molar-refractivity contribution in [1.82, 2.24) is 0 Å². The van der Waals surface area contributed by atoms with Crippen LogP contribution in [0.3, 0.4) is 0 Å². The van der Waals surface area contributed by atoms with Gasteiger partial charge in [0.1, 0.15) is 6.26 Å². The van der Waals surface area contributed by atoms with Crippen LogP contribution in [0, 0.1) is 0 Å². The molecule has 0 heterocycles. The Morgan fingerprint density at radius 1 is 0.778 bits per heavy atom. The lowest BCUT2D eigenvalue weighted by molar-refractivity contribution is -0.137. The molecule has 0 aliphatic rings. The number of alkyl halides is 3.